The Kier molecular flexibility index (Phi) is 8.23. The van der Waals surface area contributed by atoms with Gasteiger partial charge in [0.1, 0.15) is 6.10 Å². The molecule has 0 fully saturated rings. The lowest BCUT2D eigenvalue weighted by molar-refractivity contribution is -0.149. The van der Waals surface area contributed by atoms with Crippen molar-refractivity contribution in [1.29, 1.82) is 0 Å². The van der Waals surface area contributed by atoms with E-state index in [4.69, 9.17) is 4.74 Å². The first-order valence-corrected chi connectivity index (χ1v) is 6.28. The fraction of sp³-hybridized carbons (Fsp3) is 0.615. The number of hydrogen-bond donors (Lipinski definition) is 2. The number of ether oxygens (including phenoxy) is 1. The summed E-state index contributed by atoms with van der Waals surface area (Å²) < 4.78 is 4.77. The zero-order valence-electron chi connectivity index (χ0n) is 12.1. The second-order valence-corrected chi connectivity index (χ2v) is 4.31. The van der Waals surface area contributed by atoms with Crippen LogP contribution in [-0.4, -0.2) is 60.6 Å². The molecule has 2 N–H and O–H groups in total. The first-order chi connectivity index (χ1) is 9.34. The Morgan fingerprint density at radius 2 is 2.10 bits per heavy atom. The average molecular weight is 286 g/mol. The van der Waals surface area contributed by atoms with Gasteiger partial charge in [0.25, 0.3) is 0 Å². The normalized spacial score (nSPS) is 13.0. The topological polar surface area (TPSA) is 95.9 Å². The molecule has 2 amide bonds. The highest BCUT2D eigenvalue weighted by atomic mass is 16.5. The Morgan fingerprint density at radius 3 is 2.55 bits per heavy atom. The molecule has 0 saturated heterocycles. The SMILES string of the molecule is C=C(CCN(C)C(C)=O)C(O)C(NC=O)C(=O)OCC. The lowest BCUT2D eigenvalue weighted by atomic mass is 10.0. The molecular weight excluding hydrogens is 264 g/mol. The number of esters is 1. The van der Waals surface area contributed by atoms with Gasteiger partial charge in [-0.3, -0.25) is 9.59 Å². The second-order valence-electron chi connectivity index (χ2n) is 4.31. The van der Waals surface area contributed by atoms with Crippen molar-refractivity contribution < 1.29 is 24.2 Å². The van der Waals surface area contributed by atoms with Crippen molar-refractivity contribution in [3.05, 3.63) is 12.2 Å². The van der Waals surface area contributed by atoms with Crippen LogP contribution in [0.3, 0.4) is 0 Å². The lowest BCUT2D eigenvalue weighted by Gasteiger charge is -2.23. The number of carbonyl (C=O) groups excluding carboxylic acids is 3. The summed E-state index contributed by atoms with van der Waals surface area (Å²) in [6.45, 7) is 7.23. The van der Waals surface area contributed by atoms with Gasteiger partial charge in [0.2, 0.25) is 12.3 Å². The molecule has 0 aliphatic carbocycles. The summed E-state index contributed by atoms with van der Waals surface area (Å²) >= 11 is 0. The molecule has 0 spiro atoms. The predicted octanol–water partition coefficient (Wildman–Crippen LogP) is -0.550. The van der Waals surface area contributed by atoms with Crippen molar-refractivity contribution in [3.8, 4) is 0 Å². The first-order valence-electron chi connectivity index (χ1n) is 6.28. The maximum absolute atomic E-state index is 11.6. The van der Waals surface area contributed by atoms with Crippen LogP contribution in [0.2, 0.25) is 0 Å². The number of carbonyl (C=O) groups is 3. The molecule has 0 aliphatic heterocycles. The number of rotatable bonds is 9. The van der Waals surface area contributed by atoms with E-state index >= 15 is 0 Å². The molecule has 0 radical (unpaired) electrons. The largest absolute Gasteiger partial charge is 0.464 e. The number of aliphatic hydroxyl groups excluding tert-OH is 1. The minimum absolute atomic E-state index is 0.111. The van der Waals surface area contributed by atoms with Gasteiger partial charge >= 0.3 is 5.97 Å². The Bertz CT molecular complexity index is 370. The van der Waals surface area contributed by atoms with Crippen LogP contribution < -0.4 is 5.32 Å². The van der Waals surface area contributed by atoms with Crippen molar-refractivity contribution in [3.63, 3.8) is 0 Å². The van der Waals surface area contributed by atoms with Gasteiger partial charge in [-0.05, 0) is 18.9 Å². The molecule has 0 aromatic heterocycles. The standard InChI is InChI=1S/C13H22N2O5/c1-5-20-13(19)11(14-8-16)12(18)9(2)6-7-15(4)10(3)17/h8,11-12,18H,2,5-7H2,1,3-4H3,(H,14,16). The van der Waals surface area contributed by atoms with E-state index in [1.807, 2.05) is 0 Å². The number of nitrogens with one attached hydrogen (secondary N) is 1. The lowest BCUT2D eigenvalue weighted by Crippen LogP contribution is -2.47. The number of aliphatic hydroxyl groups is 1. The molecule has 20 heavy (non-hydrogen) atoms. The van der Waals surface area contributed by atoms with Crippen LogP contribution in [0.1, 0.15) is 20.3 Å². The number of amides is 2. The van der Waals surface area contributed by atoms with E-state index in [0.717, 1.165) is 0 Å². The van der Waals surface area contributed by atoms with Crippen LogP contribution in [0.4, 0.5) is 0 Å². The van der Waals surface area contributed by atoms with E-state index in [1.165, 1.54) is 11.8 Å². The van der Waals surface area contributed by atoms with Crippen LogP contribution in [0, 0.1) is 0 Å². The minimum Gasteiger partial charge on any atom is -0.464 e. The van der Waals surface area contributed by atoms with Crippen LogP contribution in [0.5, 0.6) is 0 Å². The van der Waals surface area contributed by atoms with E-state index < -0.39 is 18.1 Å². The third kappa shape index (κ3) is 5.83. The highest BCUT2D eigenvalue weighted by molar-refractivity contribution is 5.79. The highest BCUT2D eigenvalue weighted by Crippen LogP contribution is 2.11. The van der Waals surface area contributed by atoms with E-state index in [2.05, 4.69) is 11.9 Å². The molecule has 0 aromatic carbocycles. The molecule has 0 rings (SSSR count). The van der Waals surface area contributed by atoms with Crippen molar-refractivity contribution in [2.75, 3.05) is 20.2 Å². The van der Waals surface area contributed by atoms with Crippen LogP contribution in [0.15, 0.2) is 12.2 Å². The quantitative estimate of drug-likeness (QED) is 0.337. The highest BCUT2D eigenvalue weighted by Gasteiger charge is 2.29. The molecule has 2 unspecified atom stereocenters. The molecule has 0 bridgehead atoms. The maximum Gasteiger partial charge on any atom is 0.331 e. The third-order valence-electron chi connectivity index (χ3n) is 2.83. The van der Waals surface area contributed by atoms with Crippen LogP contribution >= 0.6 is 0 Å². The van der Waals surface area contributed by atoms with E-state index in [9.17, 15) is 19.5 Å². The van der Waals surface area contributed by atoms with Gasteiger partial charge in [-0.1, -0.05) is 6.58 Å². The van der Waals surface area contributed by atoms with Crippen molar-refractivity contribution in [2.24, 2.45) is 0 Å². The van der Waals surface area contributed by atoms with Gasteiger partial charge in [-0.25, -0.2) is 4.79 Å². The summed E-state index contributed by atoms with van der Waals surface area (Å²) in [5.41, 5.74) is 0.338. The van der Waals surface area contributed by atoms with Gasteiger partial charge in [-0.15, -0.1) is 0 Å². The van der Waals surface area contributed by atoms with E-state index in [0.29, 0.717) is 24.9 Å². The van der Waals surface area contributed by atoms with Gasteiger partial charge in [-0.2, -0.15) is 0 Å². The van der Waals surface area contributed by atoms with Gasteiger partial charge < -0.3 is 20.1 Å². The van der Waals surface area contributed by atoms with Crippen molar-refractivity contribution in [2.45, 2.75) is 32.4 Å². The van der Waals surface area contributed by atoms with Crippen LogP contribution in [0.25, 0.3) is 0 Å². The Hall–Kier alpha value is -1.89. The minimum atomic E-state index is -1.26. The fourth-order valence-electron chi connectivity index (χ4n) is 1.45. The summed E-state index contributed by atoms with van der Waals surface area (Å²) in [5, 5.41) is 12.2. The van der Waals surface area contributed by atoms with E-state index in [1.54, 1.807) is 14.0 Å². The number of hydrogen-bond acceptors (Lipinski definition) is 5. The summed E-state index contributed by atoms with van der Waals surface area (Å²) in [6.07, 6.45) is -0.632. The van der Waals surface area contributed by atoms with Crippen molar-refractivity contribution >= 4 is 18.3 Å². The third-order valence-corrected chi connectivity index (χ3v) is 2.83. The molecule has 0 heterocycles. The predicted molar refractivity (Wildman–Crippen MR) is 72.7 cm³/mol. The van der Waals surface area contributed by atoms with Gasteiger partial charge in [0.15, 0.2) is 6.04 Å². The first kappa shape index (κ1) is 18.1. The molecule has 7 nitrogen and oxygen atoms in total. The Balaban J connectivity index is 4.59. The van der Waals surface area contributed by atoms with Crippen molar-refractivity contribution in [1.82, 2.24) is 10.2 Å². The summed E-state index contributed by atoms with van der Waals surface area (Å²) in [5.74, 6) is -0.839. The smallest absolute Gasteiger partial charge is 0.331 e. The van der Waals surface area contributed by atoms with Crippen LogP contribution in [-0.2, 0) is 19.1 Å². The zero-order chi connectivity index (χ0) is 15.7. The fourth-order valence-corrected chi connectivity index (χ4v) is 1.45. The molecule has 114 valence electrons. The summed E-state index contributed by atoms with van der Waals surface area (Å²) in [4.78, 5) is 34.6. The Morgan fingerprint density at radius 1 is 1.50 bits per heavy atom. The molecule has 0 aromatic rings. The van der Waals surface area contributed by atoms with Gasteiger partial charge in [0, 0.05) is 20.5 Å². The summed E-state index contributed by atoms with van der Waals surface area (Å²) in [7, 11) is 1.62. The maximum atomic E-state index is 11.6. The molecule has 0 saturated carbocycles. The Labute approximate surface area is 118 Å². The average Bonchev–Trinajstić information content (AvgIpc) is 2.40. The molecule has 0 aliphatic rings. The second kappa shape index (κ2) is 9.08. The summed E-state index contributed by atoms with van der Waals surface area (Å²) in [6, 6.07) is -1.19. The zero-order valence-corrected chi connectivity index (χ0v) is 12.1. The molecule has 7 heteroatoms. The van der Waals surface area contributed by atoms with E-state index in [-0.39, 0.29) is 12.5 Å². The molecular formula is C13H22N2O5. The monoisotopic (exact) mass is 286 g/mol. The molecule has 2 atom stereocenters. The van der Waals surface area contributed by atoms with Gasteiger partial charge in [0.05, 0.1) is 6.61 Å². The number of nitrogens with zero attached hydrogens (tertiary/aromatic N) is 1.